The Labute approximate surface area is 493 Å². The summed E-state index contributed by atoms with van der Waals surface area (Å²) in [5.41, 5.74) is 23.0. The molecule has 0 bridgehead atoms. The van der Waals surface area contributed by atoms with Crippen LogP contribution in [-0.2, 0) is 0 Å². The van der Waals surface area contributed by atoms with Gasteiger partial charge in [0, 0.05) is 88.1 Å². The molecule has 0 unspecified atom stereocenters. The standard InChI is InChI=1S/C80H48N6/c1-2-19-49(20-3-1)56-43-44-66-76-65(56)31-18-32-67(76)79-77(66)78(50-21-16-23-52(45-50)85-72-37-14-8-29-61(72)63-41-39-54(47-74(63)85)83-68-33-10-4-25-57(68)58-26-5-11-34-69(58)83)81-80(82-79)51-22-17-24-53(46-51)86-73-38-15-9-30-62(73)64-42-40-55(48-75(64)86)84-70-35-12-6-27-59(70)60-28-7-13-36-71(60)84/h1-48H. The van der Waals surface area contributed by atoms with Gasteiger partial charge in [-0.2, -0.15) is 0 Å². The molecule has 6 nitrogen and oxygen atoms in total. The van der Waals surface area contributed by atoms with Crippen LogP contribution in [0.2, 0.25) is 0 Å². The Kier molecular flexibility index (Phi) is 9.80. The van der Waals surface area contributed by atoms with Crippen molar-refractivity contribution in [1.82, 2.24) is 28.2 Å². The molecule has 1 aliphatic rings. The molecule has 0 saturated carbocycles. The van der Waals surface area contributed by atoms with Crippen molar-refractivity contribution >= 4 is 98.0 Å². The van der Waals surface area contributed by atoms with Crippen LogP contribution in [0.25, 0.3) is 177 Å². The van der Waals surface area contributed by atoms with Crippen molar-refractivity contribution < 1.29 is 0 Å². The zero-order chi connectivity index (χ0) is 56.1. The van der Waals surface area contributed by atoms with Crippen LogP contribution < -0.4 is 0 Å². The van der Waals surface area contributed by atoms with Gasteiger partial charge >= 0.3 is 0 Å². The number of para-hydroxylation sites is 6. The number of hydrogen-bond donors (Lipinski definition) is 0. The molecule has 0 spiro atoms. The van der Waals surface area contributed by atoms with E-state index >= 15 is 0 Å². The summed E-state index contributed by atoms with van der Waals surface area (Å²) in [6.45, 7) is 0. The quantitative estimate of drug-likeness (QED) is 0.160. The van der Waals surface area contributed by atoms with E-state index in [2.05, 4.69) is 309 Å². The lowest BCUT2D eigenvalue weighted by atomic mass is 9.93. The number of aromatic nitrogens is 6. The third-order valence-corrected chi connectivity index (χ3v) is 18.3. The smallest absolute Gasteiger partial charge is 0.160 e. The Morgan fingerprint density at radius 3 is 1.07 bits per heavy atom. The molecule has 398 valence electrons. The van der Waals surface area contributed by atoms with Gasteiger partial charge < -0.3 is 18.3 Å². The van der Waals surface area contributed by atoms with Crippen molar-refractivity contribution in [1.29, 1.82) is 0 Å². The minimum Gasteiger partial charge on any atom is -0.309 e. The highest BCUT2D eigenvalue weighted by Crippen LogP contribution is 2.53. The Balaban J connectivity index is 0.821. The molecule has 5 aromatic heterocycles. The van der Waals surface area contributed by atoms with Gasteiger partial charge in [-0.1, -0.05) is 206 Å². The molecule has 0 aliphatic heterocycles. The monoisotopic (exact) mass is 1090 g/mol. The largest absolute Gasteiger partial charge is 0.309 e. The minimum atomic E-state index is 0.665. The second-order valence-corrected chi connectivity index (χ2v) is 22.8. The molecular weight excluding hydrogens is 1040 g/mol. The van der Waals surface area contributed by atoms with E-state index in [9.17, 15) is 0 Å². The summed E-state index contributed by atoms with van der Waals surface area (Å²) >= 11 is 0. The molecule has 0 N–H and O–H groups in total. The van der Waals surface area contributed by atoms with Crippen LogP contribution in [0.3, 0.4) is 0 Å². The second-order valence-electron chi connectivity index (χ2n) is 22.8. The lowest BCUT2D eigenvalue weighted by Crippen LogP contribution is -2.01. The van der Waals surface area contributed by atoms with Crippen molar-refractivity contribution in [2.24, 2.45) is 0 Å². The summed E-state index contributed by atoms with van der Waals surface area (Å²) in [5, 5.41) is 12.2. The lowest BCUT2D eigenvalue weighted by Gasteiger charge is -2.16. The first kappa shape index (κ1) is 46.9. The van der Waals surface area contributed by atoms with Gasteiger partial charge in [-0.25, -0.2) is 9.97 Å². The first-order valence-corrected chi connectivity index (χ1v) is 29.5. The zero-order valence-electron chi connectivity index (χ0n) is 46.4. The fourth-order valence-corrected chi connectivity index (χ4v) is 14.7. The maximum Gasteiger partial charge on any atom is 0.160 e. The van der Waals surface area contributed by atoms with E-state index in [0.717, 1.165) is 84.0 Å². The van der Waals surface area contributed by atoms with E-state index in [1.54, 1.807) is 0 Å². The van der Waals surface area contributed by atoms with Gasteiger partial charge in [-0.05, 0) is 112 Å². The lowest BCUT2D eigenvalue weighted by molar-refractivity contribution is 1.14. The van der Waals surface area contributed by atoms with Crippen LogP contribution in [0.4, 0.5) is 0 Å². The van der Waals surface area contributed by atoms with Gasteiger partial charge in [0.1, 0.15) is 0 Å². The van der Waals surface area contributed by atoms with E-state index in [1.807, 2.05) is 0 Å². The molecule has 0 saturated heterocycles. The van der Waals surface area contributed by atoms with E-state index < -0.39 is 0 Å². The van der Waals surface area contributed by atoms with E-state index in [1.165, 1.54) is 87.1 Å². The highest BCUT2D eigenvalue weighted by Gasteiger charge is 2.30. The molecule has 0 radical (unpaired) electrons. The van der Waals surface area contributed by atoms with Gasteiger partial charge in [0.25, 0.3) is 0 Å². The summed E-state index contributed by atoms with van der Waals surface area (Å²) in [6, 6.07) is 106. The van der Waals surface area contributed by atoms with Crippen LogP contribution in [0.5, 0.6) is 0 Å². The third kappa shape index (κ3) is 6.66. The summed E-state index contributed by atoms with van der Waals surface area (Å²) in [4.78, 5) is 11.5. The van der Waals surface area contributed by atoms with Crippen molar-refractivity contribution in [3.05, 3.63) is 291 Å². The van der Waals surface area contributed by atoms with Gasteiger partial charge in [-0.3, -0.25) is 0 Å². The molecule has 13 aromatic carbocycles. The molecule has 19 rings (SSSR count). The second kappa shape index (κ2) is 18.0. The normalized spacial score (nSPS) is 12.2. The SMILES string of the molecule is c1ccc(-c2ccc3c4c(cccc24)-c2nc(-c4cccc(-n5c6ccccc6c6ccc(-n7c8ccccc8c8ccccc87)cc65)c4)nc(-c4cccc(-n5c6ccccc6c6ccc(-n7c8ccccc8c8ccccc87)cc65)c4)c2-3)cc1. The highest BCUT2D eigenvalue weighted by atomic mass is 15.0. The Bertz CT molecular complexity index is 5800. The predicted octanol–water partition coefficient (Wildman–Crippen LogP) is 20.7. The topological polar surface area (TPSA) is 45.5 Å². The fourth-order valence-electron chi connectivity index (χ4n) is 14.7. The fraction of sp³-hybridized carbons (Fsp3) is 0. The number of nitrogens with zero attached hydrogens (tertiary/aromatic N) is 6. The molecule has 0 atom stereocenters. The van der Waals surface area contributed by atoms with Gasteiger partial charge in [-0.15, -0.1) is 0 Å². The van der Waals surface area contributed by atoms with Crippen molar-refractivity contribution in [2.75, 3.05) is 0 Å². The minimum absolute atomic E-state index is 0.665. The molecular formula is C80H48N6. The van der Waals surface area contributed by atoms with Gasteiger partial charge in [0.2, 0.25) is 0 Å². The maximum absolute atomic E-state index is 5.80. The van der Waals surface area contributed by atoms with Gasteiger partial charge in [0.05, 0.1) is 55.5 Å². The number of rotatable bonds is 7. The molecule has 1 aliphatic carbocycles. The molecule has 18 aromatic rings. The summed E-state index contributed by atoms with van der Waals surface area (Å²) < 4.78 is 9.68. The average Bonchev–Trinajstić information content (AvgIpc) is 2.26. The molecule has 5 heterocycles. The zero-order valence-corrected chi connectivity index (χ0v) is 46.4. The Hall–Kier alpha value is -11.6. The van der Waals surface area contributed by atoms with E-state index in [0.29, 0.717) is 5.82 Å². The first-order valence-electron chi connectivity index (χ1n) is 29.5. The Morgan fingerprint density at radius 2 is 0.570 bits per heavy atom. The predicted molar refractivity (Wildman–Crippen MR) is 358 cm³/mol. The van der Waals surface area contributed by atoms with Crippen LogP contribution in [0.1, 0.15) is 0 Å². The first-order chi connectivity index (χ1) is 42.7. The van der Waals surface area contributed by atoms with Crippen LogP contribution in [-0.4, -0.2) is 28.2 Å². The van der Waals surface area contributed by atoms with Crippen molar-refractivity contribution in [3.8, 4) is 78.9 Å². The molecule has 0 fully saturated rings. The number of hydrogen-bond acceptors (Lipinski definition) is 2. The summed E-state index contributed by atoms with van der Waals surface area (Å²) in [5.74, 6) is 0.665. The number of fused-ring (bicyclic) bond motifs is 15. The van der Waals surface area contributed by atoms with Gasteiger partial charge in [0.15, 0.2) is 5.82 Å². The number of benzene rings is 13. The summed E-state index contributed by atoms with van der Waals surface area (Å²) in [7, 11) is 0. The Morgan fingerprint density at radius 1 is 0.209 bits per heavy atom. The van der Waals surface area contributed by atoms with E-state index in [4.69, 9.17) is 9.97 Å². The van der Waals surface area contributed by atoms with Crippen LogP contribution in [0, 0.1) is 0 Å². The van der Waals surface area contributed by atoms with E-state index in [-0.39, 0.29) is 0 Å². The maximum atomic E-state index is 5.80. The molecule has 0 amide bonds. The van der Waals surface area contributed by atoms with Crippen LogP contribution in [0.15, 0.2) is 291 Å². The highest BCUT2D eigenvalue weighted by molar-refractivity contribution is 6.21. The molecule has 6 heteroatoms. The van der Waals surface area contributed by atoms with Crippen LogP contribution >= 0.6 is 0 Å². The third-order valence-electron chi connectivity index (χ3n) is 18.3. The average molecular weight is 1090 g/mol. The van der Waals surface area contributed by atoms with Crippen molar-refractivity contribution in [2.45, 2.75) is 0 Å². The molecule has 86 heavy (non-hydrogen) atoms. The summed E-state index contributed by atoms with van der Waals surface area (Å²) in [6.07, 6.45) is 0. The van der Waals surface area contributed by atoms with Crippen molar-refractivity contribution in [3.63, 3.8) is 0 Å².